The van der Waals surface area contributed by atoms with E-state index in [2.05, 4.69) is 6.58 Å². The molecule has 0 bridgehead atoms. The number of hydrogen-bond acceptors (Lipinski definition) is 6. The summed E-state index contributed by atoms with van der Waals surface area (Å²) in [7, 11) is 0. The first-order valence-electron chi connectivity index (χ1n) is 13.0. The number of aliphatic hydroxyl groups is 1. The smallest absolute Gasteiger partial charge is 0.295 e. The van der Waals surface area contributed by atoms with Crippen LogP contribution in [0.1, 0.15) is 42.1 Å². The number of rotatable bonds is 9. The van der Waals surface area contributed by atoms with E-state index in [0.29, 0.717) is 42.3 Å². The molecule has 1 saturated heterocycles. The van der Waals surface area contributed by atoms with Gasteiger partial charge in [0.25, 0.3) is 11.7 Å². The molecule has 0 aliphatic carbocycles. The van der Waals surface area contributed by atoms with Crippen LogP contribution in [0.4, 0.5) is 0 Å². The van der Waals surface area contributed by atoms with Crippen molar-refractivity contribution in [2.24, 2.45) is 0 Å². The molecule has 200 valence electrons. The van der Waals surface area contributed by atoms with Gasteiger partial charge in [0.15, 0.2) is 11.5 Å². The first kappa shape index (κ1) is 26.1. The molecule has 2 atom stereocenters. The number of hydrogen-bond donors (Lipinski definition) is 1. The number of fused-ring (bicyclic) bond motifs is 1. The minimum atomic E-state index is -0.832. The molecule has 0 aromatic heterocycles. The fraction of sp³-hybridized carbons (Fsp3) is 0.250. The molecule has 39 heavy (non-hydrogen) atoms. The molecule has 2 heterocycles. The molecule has 0 radical (unpaired) electrons. The Morgan fingerprint density at radius 1 is 1.08 bits per heavy atom. The quantitative estimate of drug-likeness (QED) is 0.170. The molecule has 1 N–H and O–H groups in total. The molecule has 7 nitrogen and oxygen atoms in total. The third kappa shape index (κ3) is 5.12. The van der Waals surface area contributed by atoms with Gasteiger partial charge in [0, 0.05) is 18.5 Å². The van der Waals surface area contributed by atoms with Gasteiger partial charge in [0.2, 0.25) is 0 Å². The topological polar surface area (TPSA) is 85.3 Å². The van der Waals surface area contributed by atoms with E-state index in [-0.39, 0.29) is 24.0 Å². The zero-order valence-corrected chi connectivity index (χ0v) is 22.1. The molecule has 1 fully saturated rings. The zero-order chi connectivity index (χ0) is 27.5. The molecule has 2 unspecified atom stereocenters. The molecular weight excluding hydrogens is 494 g/mol. The molecular formula is C32H31NO6. The van der Waals surface area contributed by atoms with Crippen LogP contribution in [0, 0.1) is 0 Å². The zero-order valence-electron chi connectivity index (χ0n) is 22.1. The predicted octanol–water partition coefficient (Wildman–Crippen LogP) is 5.60. The molecule has 3 aromatic carbocycles. The summed E-state index contributed by atoms with van der Waals surface area (Å²) in [4.78, 5) is 28.4. The predicted molar refractivity (Wildman–Crippen MR) is 148 cm³/mol. The van der Waals surface area contributed by atoms with E-state index in [9.17, 15) is 14.7 Å². The largest absolute Gasteiger partial charge is 0.507 e. The number of aliphatic hydroxyl groups excluding tert-OH is 1. The van der Waals surface area contributed by atoms with Crippen LogP contribution in [0.25, 0.3) is 5.76 Å². The van der Waals surface area contributed by atoms with Crippen LogP contribution >= 0.6 is 0 Å². The Hall–Kier alpha value is -4.52. The lowest BCUT2D eigenvalue weighted by Crippen LogP contribution is -2.29. The Morgan fingerprint density at radius 2 is 1.87 bits per heavy atom. The van der Waals surface area contributed by atoms with Crippen LogP contribution < -0.4 is 14.2 Å². The second-order valence-electron chi connectivity index (χ2n) is 9.61. The lowest BCUT2D eigenvalue weighted by Gasteiger charge is -2.26. The van der Waals surface area contributed by atoms with Crippen molar-refractivity contribution in [2.75, 3.05) is 13.2 Å². The van der Waals surface area contributed by atoms with E-state index in [4.69, 9.17) is 14.2 Å². The van der Waals surface area contributed by atoms with E-state index in [1.54, 1.807) is 36.4 Å². The van der Waals surface area contributed by atoms with Crippen molar-refractivity contribution < 1.29 is 28.9 Å². The second kappa shape index (κ2) is 11.1. The third-order valence-corrected chi connectivity index (χ3v) is 6.85. The van der Waals surface area contributed by atoms with Gasteiger partial charge in [-0.05, 0) is 60.9 Å². The van der Waals surface area contributed by atoms with Gasteiger partial charge in [0.1, 0.15) is 24.2 Å². The van der Waals surface area contributed by atoms with Crippen molar-refractivity contribution in [2.45, 2.75) is 39.0 Å². The molecule has 7 heteroatoms. The molecule has 0 spiro atoms. The van der Waals surface area contributed by atoms with Gasteiger partial charge in [-0.1, -0.05) is 49.1 Å². The maximum atomic E-state index is 13.5. The minimum absolute atomic E-state index is 0.0325. The Balaban J connectivity index is 1.64. The van der Waals surface area contributed by atoms with Gasteiger partial charge in [0.05, 0.1) is 18.2 Å². The molecule has 1 amide bonds. The summed E-state index contributed by atoms with van der Waals surface area (Å²) in [5, 5.41) is 11.5. The third-order valence-electron chi connectivity index (χ3n) is 6.85. The lowest BCUT2D eigenvalue weighted by atomic mass is 9.94. The van der Waals surface area contributed by atoms with Gasteiger partial charge < -0.3 is 24.2 Å². The van der Waals surface area contributed by atoms with Gasteiger partial charge in [-0.3, -0.25) is 9.59 Å². The van der Waals surface area contributed by atoms with Crippen molar-refractivity contribution in [3.05, 3.63) is 107 Å². The number of nitrogens with zero attached hydrogens (tertiary/aromatic N) is 1. The summed E-state index contributed by atoms with van der Waals surface area (Å²) in [6.07, 6.45) is 2.38. The number of ketones is 1. The van der Waals surface area contributed by atoms with Gasteiger partial charge in [-0.15, -0.1) is 0 Å². The number of likely N-dealkylation sites (tertiary alicyclic amines) is 1. The summed E-state index contributed by atoms with van der Waals surface area (Å²) in [6.45, 7) is 8.43. The SMILES string of the molecule is C=CCOc1ccc(C2/C(=C(/O)c3ccc4c(c3)CC(C)O4)C(=O)C(=O)N2Cc2ccccc2)cc1OCC. The fourth-order valence-corrected chi connectivity index (χ4v) is 5.13. The molecule has 2 aliphatic rings. The van der Waals surface area contributed by atoms with Crippen LogP contribution in [0.15, 0.2) is 85.0 Å². The van der Waals surface area contributed by atoms with Crippen LogP contribution in [0.2, 0.25) is 0 Å². The van der Waals surface area contributed by atoms with Crippen LogP contribution in [-0.4, -0.2) is 41.0 Å². The Kier molecular flexibility index (Phi) is 7.41. The van der Waals surface area contributed by atoms with Crippen LogP contribution in [-0.2, 0) is 22.6 Å². The molecule has 3 aromatic rings. The molecule has 5 rings (SSSR count). The highest BCUT2D eigenvalue weighted by Crippen LogP contribution is 2.43. The summed E-state index contributed by atoms with van der Waals surface area (Å²) in [5.41, 5.74) is 2.93. The van der Waals surface area contributed by atoms with Crippen molar-refractivity contribution in [3.63, 3.8) is 0 Å². The van der Waals surface area contributed by atoms with Crippen molar-refractivity contribution >= 4 is 17.4 Å². The van der Waals surface area contributed by atoms with Crippen molar-refractivity contribution in [3.8, 4) is 17.2 Å². The summed E-state index contributed by atoms with van der Waals surface area (Å²) in [6, 6.07) is 19.3. The number of benzene rings is 3. The highest BCUT2D eigenvalue weighted by molar-refractivity contribution is 6.46. The van der Waals surface area contributed by atoms with Crippen LogP contribution in [0.3, 0.4) is 0 Å². The summed E-state index contributed by atoms with van der Waals surface area (Å²) in [5.74, 6) is 0.133. The number of Topliss-reactive ketones (excluding diaryl/α,β-unsaturated/α-hetero) is 1. The fourth-order valence-electron chi connectivity index (χ4n) is 5.13. The lowest BCUT2D eigenvalue weighted by molar-refractivity contribution is -0.140. The first-order valence-corrected chi connectivity index (χ1v) is 13.0. The van der Waals surface area contributed by atoms with Gasteiger partial charge in [-0.25, -0.2) is 0 Å². The Bertz CT molecular complexity index is 1440. The monoisotopic (exact) mass is 525 g/mol. The number of carbonyl (C=O) groups excluding carboxylic acids is 2. The first-order chi connectivity index (χ1) is 18.9. The standard InChI is InChI=1S/C32H31NO6/c1-4-15-38-26-14-11-22(18-27(26)37-5-2)29-28(30(34)23-12-13-25-24(17-23)16-20(3)39-25)31(35)32(36)33(29)19-21-9-7-6-8-10-21/h4,6-14,17-18,20,29,34H,1,5,15-16,19H2,2-3H3/b30-28-. The second-order valence-corrected chi connectivity index (χ2v) is 9.61. The summed E-state index contributed by atoms with van der Waals surface area (Å²) < 4.78 is 17.4. The van der Waals surface area contributed by atoms with Gasteiger partial charge in [-0.2, -0.15) is 0 Å². The van der Waals surface area contributed by atoms with E-state index in [1.165, 1.54) is 4.90 Å². The van der Waals surface area contributed by atoms with Crippen molar-refractivity contribution in [1.82, 2.24) is 4.90 Å². The number of carbonyl (C=O) groups is 2. The number of ether oxygens (including phenoxy) is 3. The average molecular weight is 526 g/mol. The summed E-state index contributed by atoms with van der Waals surface area (Å²) >= 11 is 0. The van der Waals surface area contributed by atoms with Crippen molar-refractivity contribution in [1.29, 1.82) is 0 Å². The molecule has 0 saturated carbocycles. The number of amides is 1. The molecule has 2 aliphatic heterocycles. The average Bonchev–Trinajstić information content (AvgIpc) is 3.43. The minimum Gasteiger partial charge on any atom is -0.507 e. The van der Waals surface area contributed by atoms with E-state index >= 15 is 0 Å². The van der Waals surface area contributed by atoms with E-state index in [0.717, 1.165) is 16.9 Å². The highest BCUT2D eigenvalue weighted by Gasteiger charge is 2.46. The highest BCUT2D eigenvalue weighted by atomic mass is 16.5. The Labute approximate surface area is 227 Å². The van der Waals surface area contributed by atoms with Crippen LogP contribution in [0.5, 0.6) is 17.2 Å². The van der Waals surface area contributed by atoms with Gasteiger partial charge >= 0.3 is 0 Å². The van der Waals surface area contributed by atoms with E-state index < -0.39 is 17.7 Å². The normalized spacial score (nSPS) is 19.5. The maximum Gasteiger partial charge on any atom is 0.295 e. The Morgan fingerprint density at radius 3 is 2.62 bits per heavy atom. The van der Waals surface area contributed by atoms with E-state index in [1.807, 2.05) is 50.2 Å². The maximum absolute atomic E-state index is 13.5.